The molecule has 0 aliphatic carbocycles. The summed E-state index contributed by atoms with van der Waals surface area (Å²) in [6.07, 6.45) is 0. The molecule has 128 valence electrons. The average Bonchev–Trinajstić information content (AvgIpc) is 2.64. The normalized spacial score (nSPS) is 10.2. The Labute approximate surface area is 154 Å². The molecule has 0 radical (unpaired) electrons. The van der Waals surface area contributed by atoms with Gasteiger partial charge in [-0.15, -0.1) is 0 Å². The highest BCUT2D eigenvalue weighted by Crippen LogP contribution is 2.20. The van der Waals surface area contributed by atoms with Crippen molar-refractivity contribution in [2.45, 2.75) is 6.54 Å². The van der Waals surface area contributed by atoms with E-state index >= 15 is 0 Å². The number of nitrogens with zero attached hydrogens (tertiary/aromatic N) is 3. The zero-order valence-electron chi connectivity index (χ0n) is 13.5. The maximum absolute atomic E-state index is 12.4. The molecule has 6 nitrogen and oxygen atoms in total. The molecule has 0 aliphatic heterocycles. The summed E-state index contributed by atoms with van der Waals surface area (Å²) in [7, 11) is 0. The lowest BCUT2D eigenvalue weighted by atomic mass is 10.2. The second-order valence-electron chi connectivity index (χ2n) is 5.46. The quantitative estimate of drug-likeness (QED) is 0.770. The van der Waals surface area contributed by atoms with Gasteiger partial charge < -0.3 is 5.32 Å². The summed E-state index contributed by atoms with van der Waals surface area (Å²) in [6, 6.07) is 18.6. The Balaban J connectivity index is 1.82. The van der Waals surface area contributed by atoms with Crippen LogP contribution >= 0.6 is 11.6 Å². The molecule has 1 amide bonds. The number of hydrogen-bond donors (Lipinski definition) is 1. The van der Waals surface area contributed by atoms with Crippen molar-refractivity contribution in [2.75, 3.05) is 5.32 Å². The lowest BCUT2D eigenvalue weighted by Gasteiger charge is -2.08. The van der Waals surface area contributed by atoms with E-state index < -0.39 is 5.91 Å². The molecule has 0 saturated heterocycles. The van der Waals surface area contributed by atoms with Crippen LogP contribution in [0.5, 0.6) is 0 Å². The first kappa shape index (κ1) is 17.4. The van der Waals surface area contributed by atoms with E-state index in [4.69, 9.17) is 16.9 Å². The first-order valence-electron chi connectivity index (χ1n) is 7.70. The standard InChI is InChI=1S/C19H13ClN4O2/c20-16-10-15(7-6-14(16)11-21)22-19(26)17-8-9-18(25)24(23-17)12-13-4-2-1-3-5-13/h1-10H,12H2,(H,22,26). The Bertz CT molecular complexity index is 1060. The molecule has 0 saturated carbocycles. The van der Waals surface area contributed by atoms with Gasteiger partial charge in [0.25, 0.3) is 11.5 Å². The lowest BCUT2D eigenvalue weighted by molar-refractivity contribution is 0.102. The summed E-state index contributed by atoms with van der Waals surface area (Å²) in [6.45, 7) is 0.267. The van der Waals surface area contributed by atoms with Gasteiger partial charge in [0, 0.05) is 11.8 Å². The van der Waals surface area contributed by atoms with Crippen LogP contribution in [0.4, 0.5) is 5.69 Å². The number of hydrogen-bond acceptors (Lipinski definition) is 4. The van der Waals surface area contributed by atoms with E-state index in [9.17, 15) is 9.59 Å². The zero-order chi connectivity index (χ0) is 18.5. The smallest absolute Gasteiger partial charge is 0.276 e. The first-order chi connectivity index (χ1) is 12.6. The number of carbonyl (C=O) groups is 1. The predicted octanol–water partition coefficient (Wildman–Crippen LogP) is 3.07. The molecule has 2 aromatic carbocycles. The average molecular weight is 365 g/mol. The van der Waals surface area contributed by atoms with Crippen LogP contribution in [0.25, 0.3) is 0 Å². The number of carbonyl (C=O) groups excluding carboxylic acids is 1. The summed E-state index contributed by atoms with van der Waals surface area (Å²) < 4.78 is 1.23. The third-order valence-electron chi connectivity index (χ3n) is 3.62. The molecule has 0 bridgehead atoms. The number of anilines is 1. The van der Waals surface area contributed by atoms with Gasteiger partial charge in [-0.1, -0.05) is 41.9 Å². The molecule has 0 fully saturated rings. The van der Waals surface area contributed by atoms with E-state index in [1.165, 1.54) is 28.9 Å². The second kappa shape index (κ2) is 7.64. The van der Waals surface area contributed by atoms with E-state index in [0.29, 0.717) is 11.3 Å². The molecule has 7 heteroatoms. The van der Waals surface area contributed by atoms with Crippen molar-refractivity contribution in [1.82, 2.24) is 9.78 Å². The molecular formula is C19H13ClN4O2. The number of rotatable bonds is 4. The van der Waals surface area contributed by atoms with Crippen LogP contribution in [0, 0.1) is 11.3 Å². The van der Waals surface area contributed by atoms with Crippen molar-refractivity contribution in [2.24, 2.45) is 0 Å². The predicted molar refractivity (Wildman–Crippen MR) is 98.2 cm³/mol. The topological polar surface area (TPSA) is 87.8 Å². The second-order valence-corrected chi connectivity index (χ2v) is 5.87. The zero-order valence-corrected chi connectivity index (χ0v) is 14.3. The highest BCUT2D eigenvalue weighted by Gasteiger charge is 2.11. The molecule has 1 aromatic heterocycles. The van der Waals surface area contributed by atoms with Crippen molar-refractivity contribution >= 4 is 23.2 Å². The summed E-state index contributed by atoms with van der Waals surface area (Å²) in [5.41, 5.74) is 1.45. The Morgan fingerprint density at radius 2 is 1.92 bits per heavy atom. The summed E-state index contributed by atoms with van der Waals surface area (Å²) in [4.78, 5) is 24.4. The fraction of sp³-hybridized carbons (Fsp3) is 0.0526. The van der Waals surface area contributed by atoms with Gasteiger partial charge in [0.15, 0.2) is 0 Å². The molecule has 3 aromatic rings. The van der Waals surface area contributed by atoms with Crippen molar-refractivity contribution in [3.05, 3.63) is 92.9 Å². The Kier molecular flexibility index (Phi) is 5.11. The van der Waals surface area contributed by atoms with Crippen LogP contribution in [0.2, 0.25) is 5.02 Å². The molecule has 0 spiro atoms. The number of nitriles is 1. The van der Waals surface area contributed by atoms with E-state index in [2.05, 4.69) is 10.4 Å². The summed E-state index contributed by atoms with van der Waals surface area (Å²) in [5, 5.41) is 15.9. The van der Waals surface area contributed by atoms with E-state index in [-0.39, 0.29) is 22.8 Å². The Morgan fingerprint density at radius 1 is 1.15 bits per heavy atom. The maximum atomic E-state index is 12.4. The van der Waals surface area contributed by atoms with Gasteiger partial charge >= 0.3 is 0 Å². The van der Waals surface area contributed by atoms with Crippen molar-refractivity contribution in [3.8, 4) is 6.07 Å². The monoisotopic (exact) mass is 364 g/mol. The summed E-state index contributed by atoms with van der Waals surface area (Å²) >= 11 is 5.96. The van der Waals surface area contributed by atoms with Crippen LogP contribution in [-0.2, 0) is 6.54 Å². The summed E-state index contributed by atoms with van der Waals surface area (Å²) in [5.74, 6) is -0.479. The Morgan fingerprint density at radius 3 is 2.62 bits per heavy atom. The number of benzene rings is 2. The fourth-order valence-corrected chi connectivity index (χ4v) is 2.54. The highest BCUT2D eigenvalue weighted by atomic mass is 35.5. The molecule has 0 unspecified atom stereocenters. The largest absolute Gasteiger partial charge is 0.321 e. The van der Waals surface area contributed by atoms with Gasteiger partial charge in [0.1, 0.15) is 11.8 Å². The first-order valence-corrected chi connectivity index (χ1v) is 8.08. The van der Waals surface area contributed by atoms with Crippen LogP contribution in [0.3, 0.4) is 0 Å². The van der Waals surface area contributed by atoms with Gasteiger partial charge in [0.05, 0.1) is 17.1 Å². The number of halogens is 1. The maximum Gasteiger partial charge on any atom is 0.276 e. The van der Waals surface area contributed by atoms with Crippen molar-refractivity contribution in [1.29, 1.82) is 5.26 Å². The number of nitrogens with one attached hydrogen (secondary N) is 1. The highest BCUT2D eigenvalue weighted by molar-refractivity contribution is 6.32. The molecule has 26 heavy (non-hydrogen) atoms. The molecule has 0 atom stereocenters. The van der Waals surface area contributed by atoms with E-state index in [0.717, 1.165) is 5.56 Å². The van der Waals surface area contributed by atoms with Crippen LogP contribution in [-0.4, -0.2) is 15.7 Å². The SMILES string of the molecule is N#Cc1ccc(NC(=O)c2ccc(=O)n(Cc3ccccc3)n2)cc1Cl. The van der Waals surface area contributed by atoms with Gasteiger partial charge in [-0.2, -0.15) is 10.4 Å². The minimum atomic E-state index is -0.479. The molecule has 1 heterocycles. The molecule has 1 N–H and O–H groups in total. The van der Waals surface area contributed by atoms with Gasteiger partial charge in [0.2, 0.25) is 0 Å². The van der Waals surface area contributed by atoms with E-state index in [1.807, 2.05) is 36.4 Å². The van der Waals surface area contributed by atoms with E-state index in [1.54, 1.807) is 6.07 Å². The van der Waals surface area contributed by atoms with Crippen LogP contribution in [0.1, 0.15) is 21.6 Å². The van der Waals surface area contributed by atoms with Gasteiger partial charge in [-0.05, 0) is 29.8 Å². The minimum absolute atomic E-state index is 0.0982. The van der Waals surface area contributed by atoms with Crippen molar-refractivity contribution in [3.63, 3.8) is 0 Å². The number of aromatic nitrogens is 2. The van der Waals surface area contributed by atoms with Crippen LogP contribution in [0.15, 0.2) is 65.5 Å². The third kappa shape index (κ3) is 3.97. The lowest BCUT2D eigenvalue weighted by Crippen LogP contribution is -2.26. The van der Waals surface area contributed by atoms with Gasteiger partial charge in [-0.25, -0.2) is 4.68 Å². The molecule has 3 rings (SSSR count). The third-order valence-corrected chi connectivity index (χ3v) is 3.93. The fourth-order valence-electron chi connectivity index (χ4n) is 2.32. The van der Waals surface area contributed by atoms with Gasteiger partial charge in [-0.3, -0.25) is 9.59 Å². The van der Waals surface area contributed by atoms with Crippen LogP contribution < -0.4 is 10.9 Å². The molecule has 0 aliphatic rings. The van der Waals surface area contributed by atoms with Crippen molar-refractivity contribution < 1.29 is 4.79 Å². The molecular weight excluding hydrogens is 352 g/mol. The number of amides is 1. The minimum Gasteiger partial charge on any atom is -0.321 e. The Hall–Kier alpha value is -3.43.